The number of hydrogen-bond donors (Lipinski definition) is 2. The van der Waals surface area contributed by atoms with E-state index in [9.17, 15) is 10.2 Å². The van der Waals surface area contributed by atoms with Crippen LogP contribution in [0.5, 0.6) is 11.5 Å². The molecule has 2 aromatic rings. The Kier molecular flexibility index (Phi) is 5.92. The van der Waals surface area contributed by atoms with Gasteiger partial charge in [0.25, 0.3) is 0 Å². The van der Waals surface area contributed by atoms with Gasteiger partial charge in [-0.3, -0.25) is 0 Å². The topological polar surface area (TPSA) is 40.5 Å². The van der Waals surface area contributed by atoms with Crippen LogP contribution in [0.3, 0.4) is 0 Å². The third-order valence-electron chi connectivity index (χ3n) is 3.44. The average molecular weight is 578 g/mol. The first-order valence-electron chi connectivity index (χ1n) is 6.14. The summed E-state index contributed by atoms with van der Waals surface area (Å²) in [5, 5.41) is 20.3. The Morgan fingerprint density at radius 2 is 1.50 bits per heavy atom. The lowest BCUT2D eigenvalue weighted by molar-refractivity contribution is 0.390. The lowest BCUT2D eigenvalue weighted by Gasteiger charge is -2.43. The predicted molar refractivity (Wildman–Crippen MR) is 105 cm³/mol. The second-order valence-corrected chi connectivity index (χ2v) is 12.6. The third-order valence-corrected chi connectivity index (χ3v) is 6.37. The summed E-state index contributed by atoms with van der Waals surface area (Å²) in [6.45, 7) is 0. The van der Waals surface area contributed by atoms with E-state index in [0.717, 1.165) is 5.56 Å². The molecule has 0 aliphatic rings. The molecule has 0 fully saturated rings. The van der Waals surface area contributed by atoms with Crippen LogP contribution < -0.4 is 0 Å². The second-order valence-electron chi connectivity index (χ2n) is 4.65. The molecule has 2 N–H and O–H groups in total. The van der Waals surface area contributed by atoms with Crippen LogP contribution in [0.4, 0.5) is 0 Å². The Morgan fingerprint density at radius 3 is 2.00 bits per heavy atom. The average Bonchev–Trinajstić information content (AvgIpc) is 2.43. The van der Waals surface area contributed by atoms with Crippen molar-refractivity contribution >= 4 is 75.3 Å². The van der Waals surface area contributed by atoms with E-state index in [0.29, 0.717) is 5.56 Å². The zero-order valence-electron chi connectivity index (χ0n) is 11.0. The predicted octanol–water partition coefficient (Wildman–Crippen LogP) is 6.18. The highest BCUT2D eigenvalue weighted by molar-refractivity contribution is 9.26. The lowest BCUT2D eigenvalue weighted by Crippen LogP contribution is -2.45. The van der Waals surface area contributed by atoms with Gasteiger partial charge in [-0.1, -0.05) is 118 Å². The van der Waals surface area contributed by atoms with Gasteiger partial charge < -0.3 is 10.2 Å². The largest absolute Gasteiger partial charge is 0.504 e. The van der Waals surface area contributed by atoms with E-state index in [4.69, 9.17) is 11.6 Å². The molecule has 0 aliphatic carbocycles. The molecule has 0 bridgehead atoms. The summed E-state index contributed by atoms with van der Waals surface area (Å²) in [6, 6.07) is 14.3. The van der Waals surface area contributed by atoms with Crippen LogP contribution in [-0.2, 0) is 5.41 Å². The molecule has 2 nitrogen and oxygen atoms in total. The smallest absolute Gasteiger partial charge is 0.169 e. The minimum absolute atomic E-state index is 0.209. The maximum absolute atomic E-state index is 10.4. The molecule has 0 aliphatic heterocycles. The molecular formula is C15H11Br4ClO2. The van der Waals surface area contributed by atoms with E-state index in [1.54, 1.807) is 12.1 Å². The van der Waals surface area contributed by atoms with Crippen LogP contribution >= 0.6 is 75.3 Å². The van der Waals surface area contributed by atoms with Gasteiger partial charge >= 0.3 is 0 Å². The molecular weight excluding hydrogens is 567 g/mol. The van der Waals surface area contributed by atoms with E-state index >= 15 is 0 Å². The maximum Gasteiger partial charge on any atom is 0.169 e. The quantitative estimate of drug-likeness (QED) is 0.336. The fourth-order valence-electron chi connectivity index (χ4n) is 2.39. The Balaban J connectivity index is 2.90. The van der Waals surface area contributed by atoms with Crippen molar-refractivity contribution in [1.29, 1.82) is 0 Å². The van der Waals surface area contributed by atoms with Crippen molar-refractivity contribution in [2.45, 2.75) is 11.8 Å². The first-order chi connectivity index (χ1) is 10.2. The number of alkyl halides is 5. The minimum atomic E-state index is -1.14. The van der Waals surface area contributed by atoms with Gasteiger partial charge in [0, 0.05) is 5.56 Å². The highest BCUT2D eigenvalue weighted by Crippen LogP contribution is 2.60. The van der Waals surface area contributed by atoms with E-state index in [-0.39, 0.29) is 15.2 Å². The molecule has 118 valence electrons. The number of halogens is 5. The number of phenolic OH excluding ortho intramolecular Hbond substituents is 2. The zero-order chi connectivity index (χ0) is 16.5. The summed E-state index contributed by atoms with van der Waals surface area (Å²) in [5.74, 6) is -0.432. The summed E-state index contributed by atoms with van der Waals surface area (Å²) >= 11 is 20.6. The molecule has 0 aromatic heterocycles. The van der Waals surface area contributed by atoms with Gasteiger partial charge in [-0.2, -0.15) is 0 Å². The normalized spacial score (nSPS) is 14.8. The molecule has 2 rings (SSSR count). The van der Waals surface area contributed by atoms with Crippen LogP contribution in [0.25, 0.3) is 0 Å². The van der Waals surface area contributed by atoms with Crippen molar-refractivity contribution in [3.8, 4) is 11.5 Å². The summed E-state index contributed by atoms with van der Waals surface area (Å²) in [7, 11) is 0. The van der Waals surface area contributed by atoms with Gasteiger partial charge in [-0.05, 0) is 11.6 Å². The van der Waals surface area contributed by atoms with Crippen molar-refractivity contribution in [2.75, 3.05) is 0 Å². The van der Waals surface area contributed by atoms with Gasteiger partial charge in [0.15, 0.2) is 14.2 Å². The highest BCUT2D eigenvalue weighted by atomic mass is 79.9. The molecule has 0 spiro atoms. The summed E-state index contributed by atoms with van der Waals surface area (Å²) in [6.07, 6.45) is 0. The Hall–Kier alpha value is 0.250. The lowest BCUT2D eigenvalue weighted by atomic mass is 9.77. The first kappa shape index (κ1) is 18.6. The van der Waals surface area contributed by atoms with Crippen LogP contribution in [0.1, 0.15) is 11.1 Å². The van der Waals surface area contributed by atoms with Crippen molar-refractivity contribution < 1.29 is 10.2 Å². The highest BCUT2D eigenvalue weighted by Gasteiger charge is 2.55. The number of aromatic hydroxyl groups is 2. The van der Waals surface area contributed by atoms with Crippen LogP contribution in [0.15, 0.2) is 48.5 Å². The monoisotopic (exact) mass is 574 g/mol. The van der Waals surface area contributed by atoms with E-state index in [2.05, 4.69) is 63.7 Å². The molecule has 0 heterocycles. The van der Waals surface area contributed by atoms with Gasteiger partial charge in [-0.25, -0.2) is 0 Å². The molecule has 0 saturated heterocycles. The summed E-state index contributed by atoms with van der Waals surface area (Å²) in [4.78, 5) is 0. The first-order valence-corrected chi connectivity index (χ1v) is 9.94. The van der Waals surface area contributed by atoms with Crippen LogP contribution in [-0.4, -0.2) is 16.6 Å². The van der Waals surface area contributed by atoms with Crippen LogP contribution in [0, 0.1) is 0 Å². The zero-order valence-corrected chi connectivity index (χ0v) is 18.1. The van der Waals surface area contributed by atoms with Crippen LogP contribution in [0.2, 0.25) is 0 Å². The Labute approximate surface area is 167 Å². The number of para-hydroxylation sites is 1. The molecule has 0 saturated carbocycles. The van der Waals surface area contributed by atoms with Crippen molar-refractivity contribution in [2.24, 2.45) is 0 Å². The molecule has 7 heteroatoms. The number of phenols is 2. The number of hydrogen-bond acceptors (Lipinski definition) is 2. The summed E-state index contributed by atoms with van der Waals surface area (Å²) in [5.41, 5.74) is 0.318. The van der Waals surface area contributed by atoms with Gasteiger partial charge in [0.05, 0.1) is 9.15 Å². The molecule has 0 radical (unpaired) electrons. The molecule has 22 heavy (non-hydrogen) atoms. The van der Waals surface area contributed by atoms with Gasteiger partial charge in [-0.15, -0.1) is 0 Å². The Morgan fingerprint density at radius 1 is 0.909 bits per heavy atom. The molecule has 0 amide bonds. The number of rotatable bonds is 4. The summed E-state index contributed by atoms with van der Waals surface area (Å²) < 4.78 is -1.50. The SMILES string of the molecule is Oc1cccc(C(c2ccccc2)(C(Br)Br)C(Cl)(Br)Br)c1O. The van der Waals surface area contributed by atoms with Crippen molar-refractivity contribution in [1.82, 2.24) is 0 Å². The maximum atomic E-state index is 10.4. The van der Waals surface area contributed by atoms with E-state index in [1.165, 1.54) is 6.07 Å². The van der Waals surface area contributed by atoms with Crippen molar-refractivity contribution in [3.63, 3.8) is 0 Å². The van der Waals surface area contributed by atoms with Gasteiger partial charge in [0.1, 0.15) is 0 Å². The van der Waals surface area contributed by atoms with E-state index < -0.39 is 8.11 Å². The molecule has 2 aromatic carbocycles. The number of benzene rings is 2. The van der Waals surface area contributed by atoms with Gasteiger partial charge in [0.2, 0.25) is 0 Å². The minimum Gasteiger partial charge on any atom is -0.504 e. The fourth-order valence-corrected chi connectivity index (χ4v) is 7.25. The standard InChI is InChI=1S/C15H11Br4ClO2/c16-13(17)14(15(18,19)20,9-5-2-1-3-6-9)10-7-4-8-11(21)12(10)22/h1-8,13,21-22H. The molecule has 1 atom stereocenters. The third kappa shape index (κ3) is 3.09. The van der Waals surface area contributed by atoms with Crippen molar-refractivity contribution in [3.05, 3.63) is 59.7 Å². The van der Waals surface area contributed by atoms with E-state index in [1.807, 2.05) is 30.3 Å². The Bertz CT molecular complexity index is 658. The molecule has 1 unspecified atom stereocenters. The second kappa shape index (κ2) is 7.01. The fraction of sp³-hybridized carbons (Fsp3) is 0.200.